The number of carboxylic acid groups (broad SMARTS) is 1. The van der Waals surface area contributed by atoms with E-state index in [9.17, 15) is 18.0 Å². The number of carboxylic acids is 1. The Morgan fingerprint density at radius 2 is 2.14 bits per heavy atom. The molecule has 8 heteroatoms. The van der Waals surface area contributed by atoms with E-state index in [1.807, 2.05) is 0 Å². The number of aromatic carboxylic acids is 1. The summed E-state index contributed by atoms with van der Waals surface area (Å²) in [6.45, 7) is 0.788. The Balaban J connectivity index is 2.45. The Labute approximate surface area is 123 Å². The predicted molar refractivity (Wildman–Crippen MR) is 71.5 cm³/mol. The lowest BCUT2D eigenvalue weighted by molar-refractivity contribution is -0.137. The van der Waals surface area contributed by atoms with Gasteiger partial charge in [-0.1, -0.05) is 6.07 Å². The third-order valence-electron chi connectivity index (χ3n) is 3.04. The van der Waals surface area contributed by atoms with Crippen molar-refractivity contribution in [2.45, 2.75) is 12.7 Å². The van der Waals surface area contributed by atoms with Crippen molar-refractivity contribution < 1.29 is 27.8 Å². The van der Waals surface area contributed by atoms with Gasteiger partial charge in [0.15, 0.2) is 0 Å². The van der Waals surface area contributed by atoms with E-state index in [2.05, 4.69) is 5.10 Å². The monoisotopic (exact) mass is 314 g/mol. The van der Waals surface area contributed by atoms with Crippen molar-refractivity contribution in [1.29, 1.82) is 0 Å². The lowest BCUT2D eigenvalue weighted by Crippen LogP contribution is -2.09. The van der Waals surface area contributed by atoms with Crippen molar-refractivity contribution in [3.05, 3.63) is 41.7 Å². The fraction of sp³-hybridized carbons (Fsp3) is 0.286. The number of alkyl halides is 3. The van der Waals surface area contributed by atoms with Gasteiger partial charge in [0.05, 0.1) is 30.5 Å². The van der Waals surface area contributed by atoms with Gasteiger partial charge < -0.3 is 9.84 Å². The molecule has 5 nitrogen and oxygen atoms in total. The molecule has 0 saturated heterocycles. The molecule has 1 aromatic carbocycles. The summed E-state index contributed by atoms with van der Waals surface area (Å²) >= 11 is 0. The first kappa shape index (κ1) is 16.0. The number of hydrogen-bond acceptors (Lipinski definition) is 3. The number of aromatic nitrogens is 2. The minimum absolute atomic E-state index is 0.110. The summed E-state index contributed by atoms with van der Waals surface area (Å²) in [6.07, 6.45) is -1.89. The van der Waals surface area contributed by atoms with E-state index in [0.717, 1.165) is 12.1 Å². The van der Waals surface area contributed by atoms with Gasteiger partial charge in [-0.05, 0) is 17.7 Å². The summed E-state index contributed by atoms with van der Waals surface area (Å²) in [6, 6.07) is 2.91. The van der Waals surface area contributed by atoms with Gasteiger partial charge in [-0.25, -0.2) is 4.79 Å². The molecule has 0 fully saturated rings. The van der Waals surface area contributed by atoms with E-state index in [1.165, 1.54) is 24.2 Å². The average molecular weight is 314 g/mol. The molecule has 1 heterocycles. The number of carbonyl (C=O) groups is 1. The van der Waals surface area contributed by atoms with Crippen molar-refractivity contribution >= 4 is 5.97 Å². The van der Waals surface area contributed by atoms with E-state index in [-0.39, 0.29) is 11.1 Å². The van der Waals surface area contributed by atoms with Crippen LogP contribution >= 0.6 is 0 Å². The van der Waals surface area contributed by atoms with Gasteiger partial charge in [-0.2, -0.15) is 18.3 Å². The van der Waals surface area contributed by atoms with Gasteiger partial charge in [0.25, 0.3) is 0 Å². The first-order valence-corrected chi connectivity index (χ1v) is 6.29. The van der Waals surface area contributed by atoms with Crippen molar-refractivity contribution in [3.63, 3.8) is 0 Å². The Hall–Kier alpha value is -2.35. The molecule has 0 aliphatic heterocycles. The SMILES string of the molecule is COCCn1cc(-c2ccc(C(=O)O)cc2C(F)(F)F)cn1. The van der Waals surface area contributed by atoms with Gasteiger partial charge in [-0.15, -0.1) is 0 Å². The van der Waals surface area contributed by atoms with Crippen molar-refractivity contribution in [2.24, 2.45) is 0 Å². The molecular weight excluding hydrogens is 301 g/mol. The molecule has 1 N–H and O–H groups in total. The molecule has 0 aliphatic carbocycles. The maximum atomic E-state index is 13.1. The summed E-state index contributed by atoms with van der Waals surface area (Å²) in [5.74, 6) is -1.41. The third-order valence-corrected chi connectivity index (χ3v) is 3.04. The maximum Gasteiger partial charge on any atom is 0.417 e. The van der Waals surface area contributed by atoms with E-state index in [4.69, 9.17) is 9.84 Å². The largest absolute Gasteiger partial charge is 0.478 e. The molecule has 0 amide bonds. The molecule has 0 aliphatic rings. The number of benzene rings is 1. The molecular formula is C14H13F3N2O3. The Morgan fingerprint density at radius 1 is 1.41 bits per heavy atom. The second-order valence-corrected chi connectivity index (χ2v) is 4.55. The van der Waals surface area contributed by atoms with Gasteiger partial charge in [-0.3, -0.25) is 4.68 Å². The van der Waals surface area contributed by atoms with Crippen LogP contribution in [-0.2, 0) is 17.5 Å². The van der Waals surface area contributed by atoms with Gasteiger partial charge in [0.1, 0.15) is 0 Å². The minimum atomic E-state index is -4.66. The highest BCUT2D eigenvalue weighted by atomic mass is 19.4. The molecule has 0 spiro atoms. The number of ether oxygens (including phenoxy) is 1. The quantitative estimate of drug-likeness (QED) is 0.921. The Morgan fingerprint density at radius 3 is 2.73 bits per heavy atom. The molecule has 1 aromatic heterocycles. The molecule has 0 unspecified atom stereocenters. The normalized spacial score (nSPS) is 11.6. The zero-order valence-corrected chi connectivity index (χ0v) is 11.6. The number of methoxy groups -OCH3 is 1. The summed E-state index contributed by atoms with van der Waals surface area (Å²) in [4.78, 5) is 10.9. The molecule has 2 aromatic rings. The van der Waals surface area contributed by atoms with Crippen molar-refractivity contribution in [1.82, 2.24) is 9.78 Å². The van der Waals surface area contributed by atoms with E-state index in [0.29, 0.717) is 19.2 Å². The zero-order valence-electron chi connectivity index (χ0n) is 11.6. The first-order chi connectivity index (χ1) is 10.3. The van der Waals surface area contributed by atoms with Crippen LogP contribution in [0.15, 0.2) is 30.6 Å². The fourth-order valence-electron chi connectivity index (χ4n) is 1.97. The average Bonchev–Trinajstić information content (AvgIpc) is 2.92. The number of nitrogens with zero attached hydrogens (tertiary/aromatic N) is 2. The summed E-state index contributed by atoms with van der Waals surface area (Å²) < 4.78 is 45.8. The second kappa shape index (κ2) is 6.18. The lowest BCUT2D eigenvalue weighted by atomic mass is 9.99. The first-order valence-electron chi connectivity index (χ1n) is 6.29. The minimum Gasteiger partial charge on any atom is -0.478 e. The molecule has 118 valence electrons. The summed E-state index contributed by atoms with van der Waals surface area (Å²) in [5, 5.41) is 12.8. The molecule has 0 radical (unpaired) electrons. The summed E-state index contributed by atoms with van der Waals surface area (Å²) in [5.41, 5.74) is -1.26. The van der Waals surface area contributed by atoms with Crippen LogP contribution in [0.1, 0.15) is 15.9 Å². The topological polar surface area (TPSA) is 64.3 Å². The molecule has 0 saturated carbocycles. The predicted octanol–water partition coefficient (Wildman–Crippen LogP) is 2.91. The number of halogens is 3. The zero-order chi connectivity index (χ0) is 16.3. The Kier molecular flexibility index (Phi) is 4.51. The van der Waals surface area contributed by atoms with Gasteiger partial charge in [0.2, 0.25) is 0 Å². The maximum absolute atomic E-state index is 13.1. The van der Waals surface area contributed by atoms with Crippen LogP contribution in [0.2, 0.25) is 0 Å². The van der Waals surface area contributed by atoms with E-state index >= 15 is 0 Å². The van der Waals surface area contributed by atoms with Crippen LogP contribution in [0.25, 0.3) is 11.1 Å². The summed E-state index contributed by atoms with van der Waals surface area (Å²) in [7, 11) is 1.51. The van der Waals surface area contributed by atoms with Crippen LogP contribution in [-0.4, -0.2) is 34.6 Å². The highest BCUT2D eigenvalue weighted by Crippen LogP contribution is 2.37. The van der Waals surface area contributed by atoms with Crippen LogP contribution in [0.5, 0.6) is 0 Å². The Bertz CT molecular complexity index is 680. The third kappa shape index (κ3) is 3.45. The van der Waals surface area contributed by atoms with Crippen LogP contribution < -0.4 is 0 Å². The highest BCUT2D eigenvalue weighted by molar-refractivity contribution is 5.89. The van der Waals surface area contributed by atoms with E-state index in [1.54, 1.807) is 0 Å². The van der Waals surface area contributed by atoms with Gasteiger partial charge in [0, 0.05) is 18.9 Å². The van der Waals surface area contributed by atoms with Crippen molar-refractivity contribution in [3.8, 4) is 11.1 Å². The fourth-order valence-corrected chi connectivity index (χ4v) is 1.97. The number of hydrogen-bond donors (Lipinski definition) is 1. The molecule has 0 bridgehead atoms. The van der Waals surface area contributed by atoms with E-state index < -0.39 is 23.3 Å². The molecule has 0 atom stereocenters. The van der Waals surface area contributed by atoms with Crippen LogP contribution in [0, 0.1) is 0 Å². The smallest absolute Gasteiger partial charge is 0.417 e. The van der Waals surface area contributed by atoms with Gasteiger partial charge >= 0.3 is 12.1 Å². The highest BCUT2D eigenvalue weighted by Gasteiger charge is 2.34. The standard InChI is InChI=1S/C14H13F3N2O3/c1-22-5-4-19-8-10(7-18-19)11-3-2-9(13(20)21)6-12(11)14(15,16)17/h2-3,6-8H,4-5H2,1H3,(H,20,21). The second-order valence-electron chi connectivity index (χ2n) is 4.55. The molecule has 2 rings (SSSR count). The lowest BCUT2D eigenvalue weighted by Gasteiger charge is -2.12. The van der Waals surface area contributed by atoms with Crippen LogP contribution in [0.3, 0.4) is 0 Å². The van der Waals surface area contributed by atoms with Crippen molar-refractivity contribution in [2.75, 3.05) is 13.7 Å². The van der Waals surface area contributed by atoms with Crippen LogP contribution in [0.4, 0.5) is 13.2 Å². The number of rotatable bonds is 5. The molecule has 22 heavy (non-hydrogen) atoms.